The van der Waals surface area contributed by atoms with Crippen LogP contribution in [0.5, 0.6) is 0 Å². The Morgan fingerprint density at radius 3 is 1.84 bits per heavy atom. The molecule has 0 fully saturated rings. The normalized spacial score (nSPS) is 15.2. The molecular weight excluding hydrogens is 541 g/mol. The molecule has 218 valence electrons. The maximum atomic E-state index is 15.8. The van der Waals surface area contributed by atoms with Gasteiger partial charge in [-0.2, -0.15) is 0 Å². The lowest BCUT2D eigenvalue weighted by Crippen LogP contribution is -2.39. The van der Waals surface area contributed by atoms with Gasteiger partial charge in [-0.3, -0.25) is 10.8 Å². The fourth-order valence-electron chi connectivity index (χ4n) is 5.66. The van der Waals surface area contributed by atoms with Gasteiger partial charge in [0.2, 0.25) is 0 Å². The highest BCUT2D eigenvalue weighted by Crippen LogP contribution is 2.32. The van der Waals surface area contributed by atoms with E-state index in [0.717, 1.165) is 40.8 Å². The second-order valence-corrected chi connectivity index (χ2v) is 10.8. The molecule has 0 aliphatic carbocycles. The first kappa shape index (κ1) is 27.9. The van der Waals surface area contributed by atoms with Crippen LogP contribution < -0.4 is 11.5 Å². The van der Waals surface area contributed by atoms with E-state index in [9.17, 15) is 0 Å². The number of aromatic nitrogens is 3. The second kappa shape index (κ2) is 11.9. The summed E-state index contributed by atoms with van der Waals surface area (Å²) in [6.07, 6.45) is 5.62. The smallest absolute Gasteiger partial charge is 0.188 e. The summed E-state index contributed by atoms with van der Waals surface area (Å²) < 4.78 is 17.7. The Morgan fingerprint density at radius 1 is 0.721 bits per heavy atom. The predicted octanol–water partition coefficient (Wildman–Crippen LogP) is 4.76. The number of halogens is 1. The highest BCUT2D eigenvalue weighted by Gasteiger charge is 2.21. The molecule has 4 aromatic rings. The van der Waals surface area contributed by atoms with Crippen LogP contribution in [0.4, 0.5) is 4.39 Å². The predicted molar refractivity (Wildman–Crippen MR) is 169 cm³/mol. The van der Waals surface area contributed by atoms with Crippen LogP contribution in [0.15, 0.2) is 84.9 Å². The molecule has 2 aliphatic heterocycles. The zero-order chi connectivity index (χ0) is 29.9. The van der Waals surface area contributed by atoms with E-state index < -0.39 is 0 Å². The summed E-state index contributed by atoms with van der Waals surface area (Å²) in [5.74, 6) is 0.907. The molecule has 3 aromatic carbocycles. The highest BCUT2D eigenvalue weighted by molar-refractivity contribution is 5.78. The lowest BCUT2D eigenvalue weighted by molar-refractivity contribution is 0.451. The quantitative estimate of drug-likeness (QED) is 0.193. The highest BCUT2D eigenvalue weighted by atomic mass is 19.1. The molecule has 0 saturated carbocycles. The van der Waals surface area contributed by atoms with Crippen LogP contribution in [0.3, 0.4) is 0 Å². The Kier molecular flexibility index (Phi) is 7.74. The minimum absolute atomic E-state index is 0.0482. The number of nitrogens with two attached hydrogens (primary N) is 2. The van der Waals surface area contributed by atoms with Gasteiger partial charge in [-0.1, -0.05) is 72.8 Å². The lowest BCUT2D eigenvalue weighted by Gasteiger charge is -2.26. The molecule has 0 saturated heterocycles. The molecule has 0 spiro atoms. The minimum atomic E-state index is -0.361. The molecule has 0 unspecified atom stereocenters. The Bertz CT molecular complexity index is 1720. The van der Waals surface area contributed by atoms with Crippen LogP contribution in [0.2, 0.25) is 0 Å². The van der Waals surface area contributed by atoms with Crippen LogP contribution >= 0.6 is 0 Å². The first-order valence-electron chi connectivity index (χ1n) is 14.3. The Balaban J connectivity index is 1.32. The second-order valence-electron chi connectivity index (χ2n) is 10.8. The van der Waals surface area contributed by atoms with Crippen LogP contribution in [0, 0.1) is 16.6 Å². The standard InChI is InChI=1S/C33H34FN9/c34-29-20-27(25-14-18-42(19-15-25)33(37)38)10-11-28(29)31-40-39-30(43(31)21-22-4-2-1-3-5-22)26-8-6-23(7-9-26)24-12-16-41(17-13-24)32(35)36/h1-12,14,20H,13,15-19,21H2,(H3,35,36)(H3,37,38). The molecule has 0 radical (unpaired) electrons. The number of hydrogen-bond acceptors (Lipinski definition) is 4. The van der Waals surface area contributed by atoms with E-state index in [1.54, 1.807) is 17.0 Å². The van der Waals surface area contributed by atoms with Gasteiger partial charge in [0, 0.05) is 31.7 Å². The van der Waals surface area contributed by atoms with Gasteiger partial charge in [0.05, 0.1) is 12.1 Å². The number of nitrogens with one attached hydrogen (secondary N) is 2. The van der Waals surface area contributed by atoms with Gasteiger partial charge in [-0.25, -0.2) is 4.39 Å². The van der Waals surface area contributed by atoms with Crippen molar-refractivity contribution in [3.8, 4) is 22.8 Å². The van der Waals surface area contributed by atoms with Gasteiger partial charge in [-0.15, -0.1) is 10.2 Å². The first-order chi connectivity index (χ1) is 20.9. The van der Waals surface area contributed by atoms with Crippen LogP contribution in [-0.2, 0) is 6.54 Å². The molecule has 43 heavy (non-hydrogen) atoms. The van der Waals surface area contributed by atoms with Crippen LogP contribution in [0.25, 0.3) is 33.9 Å². The van der Waals surface area contributed by atoms with E-state index in [-0.39, 0.29) is 17.7 Å². The Labute approximate surface area is 250 Å². The summed E-state index contributed by atoms with van der Waals surface area (Å²) in [4.78, 5) is 3.62. The van der Waals surface area contributed by atoms with Crippen molar-refractivity contribution in [1.82, 2.24) is 24.6 Å². The first-order valence-corrected chi connectivity index (χ1v) is 14.3. The van der Waals surface area contributed by atoms with Crippen molar-refractivity contribution < 1.29 is 4.39 Å². The summed E-state index contributed by atoms with van der Waals surface area (Å²) in [7, 11) is 0. The number of hydrogen-bond donors (Lipinski definition) is 4. The number of nitrogens with zero attached hydrogens (tertiary/aromatic N) is 5. The zero-order valence-electron chi connectivity index (χ0n) is 23.8. The van der Waals surface area contributed by atoms with E-state index in [1.165, 1.54) is 5.57 Å². The Hall–Kier alpha value is -5.25. The number of guanidine groups is 2. The maximum Gasteiger partial charge on any atom is 0.188 e. The van der Waals surface area contributed by atoms with Crippen molar-refractivity contribution in [2.24, 2.45) is 11.5 Å². The summed E-state index contributed by atoms with van der Waals surface area (Å²) >= 11 is 0. The molecule has 1 aromatic heterocycles. The Morgan fingerprint density at radius 2 is 1.28 bits per heavy atom. The van der Waals surface area contributed by atoms with Gasteiger partial charge < -0.3 is 25.8 Å². The van der Waals surface area contributed by atoms with E-state index in [0.29, 0.717) is 49.8 Å². The van der Waals surface area contributed by atoms with E-state index >= 15 is 4.39 Å². The minimum Gasteiger partial charge on any atom is -0.370 e. The van der Waals surface area contributed by atoms with Crippen LogP contribution in [0.1, 0.15) is 29.5 Å². The third kappa shape index (κ3) is 5.90. The monoisotopic (exact) mass is 575 g/mol. The molecular formula is C33H34FN9. The molecule has 0 bridgehead atoms. The molecule has 6 rings (SSSR count). The third-order valence-electron chi connectivity index (χ3n) is 8.13. The zero-order valence-corrected chi connectivity index (χ0v) is 23.8. The lowest BCUT2D eigenvalue weighted by atomic mass is 9.97. The average Bonchev–Trinajstić information content (AvgIpc) is 3.44. The van der Waals surface area contributed by atoms with E-state index in [1.807, 2.05) is 64.1 Å². The molecule has 6 N–H and O–H groups in total. The van der Waals surface area contributed by atoms with Gasteiger partial charge in [0.15, 0.2) is 23.6 Å². The van der Waals surface area contributed by atoms with E-state index in [4.69, 9.17) is 22.3 Å². The van der Waals surface area contributed by atoms with Crippen molar-refractivity contribution in [3.63, 3.8) is 0 Å². The van der Waals surface area contributed by atoms with E-state index in [2.05, 4.69) is 28.4 Å². The van der Waals surface area contributed by atoms with Crippen molar-refractivity contribution in [2.75, 3.05) is 26.2 Å². The fraction of sp³-hybridized carbons (Fsp3) is 0.212. The summed E-state index contributed by atoms with van der Waals surface area (Å²) in [6.45, 7) is 3.00. The van der Waals surface area contributed by atoms with Crippen molar-refractivity contribution in [3.05, 3.63) is 107 Å². The van der Waals surface area contributed by atoms with Gasteiger partial charge in [-0.05, 0) is 52.8 Å². The van der Waals surface area contributed by atoms with Gasteiger partial charge >= 0.3 is 0 Å². The van der Waals surface area contributed by atoms with Gasteiger partial charge in [0.1, 0.15) is 5.82 Å². The molecule has 0 atom stereocenters. The van der Waals surface area contributed by atoms with Crippen molar-refractivity contribution >= 4 is 23.1 Å². The summed E-state index contributed by atoms with van der Waals surface area (Å²) in [6, 6.07) is 23.5. The molecule has 2 aliphatic rings. The molecule has 0 amide bonds. The molecule has 3 heterocycles. The topological polar surface area (TPSA) is 137 Å². The third-order valence-corrected chi connectivity index (χ3v) is 8.13. The van der Waals surface area contributed by atoms with Crippen LogP contribution in [-0.4, -0.2) is 62.7 Å². The maximum absolute atomic E-state index is 15.8. The van der Waals surface area contributed by atoms with Crippen molar-refractivity contribution in [1.29, 1.82) is 10.8 Å². The average molecular weight is 576 g/mol. The van der Waals surface area contributed by atoms with Gasteiger partial charge in [0.25, 0.3) is 0 Å². The summed E-state index contributed by atoms with van der Waals surface area (Å²) in [5, 5.41) is 24.3. The molecule has 9 nitrogen and oxygen atoms in total. The largest absolute Gasteiger partial charge is 0.370 e. The number of rotatable bonds is 6. The SMILES string of the molecule is N=C(N)N1CC=C(c2ccc(-c3nnc(-c4ccc(C5=CCN(C(=N)N)CC5)cc4F)n3Cc3ccccc3)cc2)CC1. The fourth-order valence-corrected chi connectivity index (χ4v) is 5.66. The molecule has 10 heteroatoms. The number of benzene rings is 3. The summed E-state index contributed by atoms with van der Waals surface area (Å²) in [5.41, 5.74) is 17.8. The van der Waals surface area contributed by atoms with Crippen molar-refractivity contribution in [2.45, 2.75) is 19.4 Å².